The molecular formula is C26H21ClN4O8. The Hall–Kier alpha value is -4.97. The second-order valence-electron chi connectivity index (χ2n) is 8.20. The number of nitro groups is 1. The van der Waals surface area contributed by atoms with Crippen LogP contribution in [0.2, 0.25) is 5.02 Å². The second-order valence-corrected chi connectivity index (χ2v) is 8.64. The van der Waals surface area contributed by atoms with E-state index >= 15 is 0 Å². The van der Waals surface area contributed by atoms with E-state index in [-0.39, 0.29) is 28.6 Å². The number of ether oxygens (including phenoxy) is 3. The highest BCUT2D eigenvalue weighted by molar-refractivity contribution is 6.31. The molecule has 3 aromatic rings. The van der Waals surface area contributed by atoms with Crippen molar-refractivity contribution < 1.29 is 33.5 Å². The smallest absolute Gasteiger partial charge is 0.308 e. The predicted molar refractivity (Wildman–Crippen MR) is 140 cm³/mol. The molecule has 0 saturated heterocycles. The highest BCUT2D eigenvalue weighted by Gasteiger charge is 2.36. The number of nitro benzene ring substituents is 1. The molecule has 0 aliphatic carbocycles. The summed E-state index contributed by atoms with van der Waals surface area (Å²) in [5.41, 5.74) is 0.719. The van der Waals surface area contributed by atoms with Gasteiger partial charge in [0.15, 0.2) is 11.5 Å². The van der Waals surface area contributed by atoms with Crippen LogP contribution in [0.4, 0.5) is 11.4 Å². The van der Waals surface area contributed by atoms with Gasteiger partial charge in [-0.25, -0.2) is 0 Å². The van der Waals surface area contributed by atoms with Gasteiger partial charge in [0, 0.05) is 41.8 Å². The number of amides is 2. The zero-order valence-electron chi connectivity index (χ0n) is 20.8. The number of hydrazone groups is 1. The number of esters is 1. The molecule has 0 unspecified atom stereocenters. The number of methoxy groups -OCH3 is 1. The molecule has 0 saturated carbocycles. The first kappa shape index (κ1) is 27.1. The molecule has 200 valence electrons. The first-order chi connectivity index (χ1) is 18.6. The van der Waals surface area contributed by atoms with E-state index in [1.807, 2.05) is 0 Å². The summed E-state index contributed by atoms with van der Waals surface area (Å²) < 4.78 is 16.4. The van der Waals surface area contributed by atoms with Gasteiger partial charge in [-0.05, 0) is 30.3 Å². The Morgan fingerprint density at radius 1 is 1.10 bits per heavy atom. The molecule has 4 rings (SSSR count). The summed E-state index contributed by atoms with van der Waals surface area (Å²) in [6.07, 6.45) is -1.10. The van der Waals surface area contributed by atoms with Crippen LogP contribution < -0.4 is 14.8 Å². The first-order valence-electron chi connectivity index (χ1n) is 11.3. The summed E-state index contributed by atoms with van der Waals surface area (Å²) in [6.45, 7) is 2.41. The average molecular weight is 553 g/mol. The van der Waals surface area contributed by atoms with Crippen LogP contribution in [-0.4, -0.2) is 40.7 Å². The van der Waals surface area contributed by atoms with E-state index in [2.05, 4.69) is 10.4 Å². The topological polar surface area (TPSA) is 150 Å². The van der Waals surface area contributed by atoms with Gasteiger partial charge in [-0.1, -0.05) is 29.8 Å². The van der Waals surface area contributed by atoms with E-state index in [4.69, 9.17) is 25.8 Å². The van der Waals surface area contributed by atoms with Crippen molar-refractivity contribution in [2.45, 2.75) is 20.1 Å². The van der Waals surface area contributed by atoms with Gasteiger partial charge in [0.1, 0.15) is 0 Å². The number of non-ortho nitro benzene ring substituents is 1. The molecule has 1 atom stereocenters. The molecule has 0 fully saturated rings. The van der Waals surface area contributed by atoms with Gasteiger partial charge in [0.05, 0.1) is 23.7 Å². The van der Waals surface area contributed by atoms with Gasteiger partial charge in [0.25, 0.3) is 11.6 Å². The highest BCUT2D eigenvalue weighted by atomic mass is 35.5. The molecule has 1 aliphatic rings. The summed E-state index contributed by atoms with van der Waals surface area (Å²) in [5, 5.41) is 19.9. The van der Waals surface area contributed by atoms with E-state index in [9.17, 15) is 24.5 Å². The number of nitrogens with zero attached hydrogens (tertiary/aromatic N) is 3. The van der Waals surface area contributed by atoms with Gasteiger partial charge < -0.3 is 19.5 Å². The molecule has 0 bridgehead atoms. The van der Waals surface area contributed by atoms with Gasteiger partial charge in [-0.2, -0.15) is 5.01 Å². The SMILES string of the molecule is COc1cc([N+](=O)[O-])cc(C2=NN(C(C)=O)[C@H](c3cccc(NC(=O)c4cccc(Cl)c4)c3)O2)c1OC(C)=O. The quantitative estimate of drug-likeness (QED) is 0.192. The van der Waals surface area contributed by atoms with Crippen LogP contribution in [-0.2, 0) is 14.3 Å². The Balaban J connectivity index is 1.69. The molecule has 12 nitrogen and oxygen atoms in total. The van der Waals surface area contributed by atoms with Crippen LogP contribution in [0, 0.1) is 10.1 Å². The van der Waals surface area contributed by atoms with E-state index in [1.54, 1.807) is 42.5 Å². The highest BCUT2D eigenvalue weighted by Crippen LogP contribution is 2.40. The Bertz CT molecular complexity index is 1520. The van der Waals surface area contributed by atoms with Crippen LogP contribution in [0.5, 0.6) is 11.5 Å². The minimum absolute atomic E-state index is 0.0737. The zero-order valence-corrected chi connectivity index (χ0v) is 21.6. The normalized spacial score (nSPS) is 14.2. The standard InChI is InChI=1S/C26H21ClN4O8/c1-14(32)30-26(17-7-5-9-19(11-17)28-24(34)16-6-4-8-18(27)10-16)39-25(29-30)21-12-20(31(35)36)13-22(37-3)23(21)38-15(2)33/h4-13,26H,1-3H3,(H,28,34)/t26-/m0/s1. The zero-order chi connectivity index (χ0) is 28.3. The molecule has 2 amide bonds. The van der Waals surface area contributed by atoms with Crippen LogP contribution in [0.15, 0.2) is 65.8 Å². The van der Waals surface area contributed by atoms with Gasteiger partial charge >= 0.3 is 5.97 Å². The molecule has 39 heavy (non-hydrogen) atoms. The van der Waals surface area contributed by atoms with Crippen LogP contribution in [0.25, 0.3) is 0 Å². The maximum Gasteiger partial charge on any atom is 0.308 e. The number of nitrogens with one attached hydrogen (secondary N) is 1. The predicted octanol–water partition coefficient (Wildman–Crippen LogP) is 4.67. The lowest BCUT2D eigenvalue weighted by Gasteiger charge is -2.20. The molecule has 0 spiro atoms. The van der Waals surface area contributed by atoms with Crippen molar-refractivity contribution in [2.75, 3.05) is 12.4 Å². The lowest BCUT2D eigenvalue weighted by molar-refractivity contribution is -0.385. The van der Waals surface area contributed by atoms with Gasteiger partial charge in [-0.3, -0.25) is 24.5 Å². The van der Waals surface area contributed by atoms with Crippen molar-refractivity contribution in [1.29, 1.82) is 0 Å². The molecule has 0 aromatic heterocycles. The van der Waals surface area contributed by atoms with E-state index < -0.39 is 28.9 Å². The van der Waals surface area contributed by atoms with Crippen molar-refractivity contribution in [3.63, 3.8) is 0 Å². The van der Waals surface area contributed by atoms with Gasteiger partial charge in [-0.15, -0.1) is 5.10 Å². The van der Waals surface area contributed by atoms with Crippen LogP contribution in [0.3, 0.4) is 0 Å². The summed E-state index contributed by atoms with van der Waals surface area (Å²) in [5.74, 6) is -2.12. The molecule has 1 aliphatic heterocycles. The Morgan fingerprint density at radius 2 is 1.85 bits per heavy atom. The van der Waals surface area contributed by atoms with E-state index in [0.717, 1.165) is 24.1 Å². The fraction of sp³-hybridized carbons (Fsp3) is 0.154. The molecular weight excluding hydrogens is 532 g/mol. The number of halogens is 1. The lowest BCUT2D eigenvalue weighted by Crippen LogP contribution is -2.25. The number of hydrogen-bond acceptors (Lipinski definition) is 9. The lowest BCUT2D eigenvalue weighted by atomic mass is 10.1. The fourth-order valence-electron chi connectivity index (χ4n) is 3.75. The summed E-state index contributed by atoms with van der Waals surface area (Å²) in [7, 11) is 1.25. The largest absolute Gasteiger partial charge is 0.493 e. The third-order valence-corrected chi connectivity index (χ3v) is 5.66. The van der Waals surface area contributed by atoms with Crippen LogP contribution >= 0.6 is 11.6 Å². The third-order valence-electron chi connectivity index (χ3n) is 5.43. The number of carbonyl (C=O) groups excluding carboxylic acids is 3. The number of benzene rings is 3. The van der Waals surface area contributed by atoms with E-state index in [0.29, 0.717) is 21.8 Å². The summed E-state index contributed by atoms with van der Waals surface area (Å²) in [4.78, 5) is 47.8. The number of carbonyl (C=O) groups is 3. The minimum atomic E-state index is -1.10. The molecule has 13 heteroatoms. The minimum Gasteiger partial charge on any atom is -0.493 e. The fourth-order valence-corrected chi connectivity index (χ4v) is 3.94. The Morgan fingerprint density at radius 3 is 2.49 bits per heavy atom. The molecule has 3 aromatic carbocycles. The number of anilines is 1. The molecule has 1 heterocycles. The van der Waals surface area contributed by atoms with Crippen molar-refractivity contribution in [1.82, 2.24) is 5.01 Å². The average Bonchev–Trinajstić information content (AvgIpc) is 3.34. The number of hydrogen-bond donors (Lipinski definition) is 1. The van der Waals surface area contributed by atoms with Gasteiger partial charge in [0.2, 0.25) is 18.0 Å². The third kappa shape index (κ3) is 5.96. The number of rotatable bonds is 7. The maximum absolute atomic E-state index is 12.7. The van der Waals surface area contributed by atoms with Crippen molar-refractivity contribution >= 4 is 46.7 Å². The molecule has 1 N–H and O–H groups in total. The van der Waals surface area contributed by atoms with Crippen LogP contribution in [0.1, 0.15) is 41.6 Å². The van der Waals surface area contributed by atoms with Crippen molar-refractivity contribution in [3.05, 3.63) is 92.5 Å². The van der Waals surface area contributed by atoms with Crippen molar-refractivity contribution in [2.24, 2.45) is 5.10 Å². The maximum atomic E-state index is 12.7. The monoisotopic (exact) mass is 552 g/mol. The Kier molecular flexibility index (Phi) is 7.77. The summed E-state index contributed by atoms with van der Waals surface area (Å²) in [6, 6.07) is 15.1. The first-order valence-corrected chi connectivity index (χ1v) is 11.7. The van der Waals surface area contributed by atoms with Crippen molar-refractivity contribution in [3.8, 4) is 11.5 Å². The summed E-state index contributed by atoms with van der Waals surface area (Å²) >= 11 is 5.98. The Labute approximate surface area is 226 Å². The second kappa shape index (κ2) is 11.2. The van der Waals surface area contributed by atoms with E-state index in [1.165, 1.54) is 20.1 Å². The molecule has 0 radical (unpaired) electrons.